The van der Waals surface area contributed by atoms with Gasteiger partial charge in [-0.05, 0) is 24.0 Å². The van der Waals surface area contributed by atoms with Gasteiger partial charge in [0.15, 0.2) is 0 Å². The Labute approximate surface area is 78.0 Å². The maximum Gasteiger partial charge on any atom is 0.0847 e. The van der Waals surface area contributed by atoms with Crippen LogP contribution in [0, 0.1) is 5.41 Å². The van der Waals surface area contributed by atoms with Crippen molar-refractivity contribution in [1.82, 2.24) is 4.98 Å². The fourth-order valence-electron chi connectivity index (χ4n) is 1.56. The molecule has 0 saturated heterocycles. The number of pyridine rings is 1. The molecule has 0 amide bonds. The van der Waals surface area contributed by atoms with E-state index in [-0.39, 0.29) is 5.41 Å². The molecule has 2 rings (SSSR count). The number of aromatic nitrogens is 1. The summed E-state index contributed by atoms with van der Waals surface area (Å²) in [5, 5.41) is 2.07. The molecule has 0 saturated carbocycles. The number of rotatable bonds is 0. The minimum atomic E-state index is 0.225. The first-order chi connectivity index (χ1) is 6.17. The van der Waals surface area contributed by atoms with Gasteiger partial charge in [-0.25, -0.2) is 0 Å². The van der Waals surface area contributed by atoms with Gasteiger partial charge < -0.3 is 0 Å². The van der Waals surface area contributed by atoms with E-state index < -0.39 is 0 Å². The van der Waals surface area contributed by atoms with E-state index in [1.54, 1.807) is 0 Å². The van der Waals surface area contributed by atoms with E-state index in [2.05, 4.69) is 29.9 Å². The van der Waals surface area contributed by atoms with E-state index in [9.17, 15) is 0 Å². The lowest BCUT2D eigenvalue weighted by molar-refractivity contribution is 0.480. The van der Waals surface area contributed by atoms with E-state index in [1.165, 1.54) is 0 Å². The summed E-state index contributed by atoms with van der Waals surface area (Å²) < 4.78 is 0. The highest BCUT2D eigenvalue weighted by Crippen LogP contribution is 2.22. The fourth-order valence-corrected chi connectivity index (χ4v) is 1.56. The molecule has 2 nitrogen and oxygen atoms in total. The van der Waals surface area contributed by atoms with E-state index in [0.29, 0.717) is 0 Å². The average molecular weight is 174 g/mol. The first-order valence-corrected chi connectivity index (χ1v) is 4.66. The van der Waals surface area contributed by atoms with Crippen molar-refractivity contribution >= 4 is 6.08 Å². The standard InChI is InChI=1S/C11H14N2/c1-11(2)5-7-13-9-4-3-6-12-10(9)8-11/h3-4,6,8H,5,7H2,1-2H3. The van der Waals surface area contributed by atoms with E-state index in [0.717, 1.165) is 23.7 Å². The average Bonchev–Trinajstić information content (AvgIpc) is 2.21. The van der Waals surface area contributed by atoms with Crippen LogP contribution in [0.15, 0.2) is 23.3 Å². The summed E-state index contributed by atoms with van der Waals surface area (Å²) in [5.74, 6) is 0. The smallest absolute Gasteiger partial charge is 0.0847 e. The number of fused-ring (bicyclic) bond motifs is 1. The maximum atomic E-state index is 4.49. The van der Waals surface area contributed by atoms with Crippen LogP contribution in [-0.2, 0) is 0 Å². The molecule has 0 aliphatic carbocycles. The van der Waals surface area contributed by atoms with Crippen LogP contribution in [-0.4, -0.2) is 11.5 Å². The minimum Gasteiger partial charge on any atom is -0.283 e. The molecule has 0 bridgehead atoms. The van der Waals surface area contributed by atoms with E-state index >= 15 is 0 Å². The van der Waals surface area contributed by atoms with Gasteiger partial charge in [-0.3, -0.25) is 9.98 Å². The molecule has 1 aliphatic heterocycles. The lowest BCUT2D eigenvalue weighted by Crippen LogP contribution is -2.28. The topological polar surface area (TPSA) is 25.2 Å². The van der Waals surface area contributed by atoms with E-state index in [1.807, 2.05) is 18.3 Å². The number of nitrogens with zero attached hydrogens (tertiary/aromatic N) is 2. The Hall–Kier alpha value is -1.18. The van der Waals surface area contributed by atoms with Gasteiger partial charge in [0.2, 0.25) is 0 Å². The van der Waals surface area contributed by atoms with Gasteiger partial charge in [-0.15, -0.1) is 0 Å². The zero-order chi connectivity index (χ0) is 9.31. The Bertz CT molecular complexity index is 418. The first kappa shape index (κ1) is 8.42. The normalized spacial score (nSPS) is 19.2. The Morgan fingerprint density at radius 1 is 1.38 bits per heavy atom. The van der Waals surface area contributed by atoms with Crippen LogP contribution in [0.3, 0.4) is 0 Å². The summed E-state index contributed by atoms with van der Waals surface area (Å²) in [6.45, 7) is 5.36. The largest absolute Gasteiger partial charge is 0.283 e. The molecular weight excluding hydrogens is 160 g/mol. The molecule has 0 spiro atoms. The molecule has 0 fully saturated rings. The van der Waals surface area contributed by atoms with Crippen LogP contribution in [0.5, 0.6) is 0 Å². The summed E-state index contributed by atoms with van der Waals surface area (Å²) >= 11 is 0. The molecular formula is C11H14N2. The molecule has 13 heavy (non-hydrogen) atoms. The van der Waals surface area contributed by atoms with Crippen LogP contribution in [0.4, 0.5) is 0 Å². The van der Waals surface area contributed by atoms with Crippen LogP contribution < -0.4 is 10.7 Å². The first-order valence-electron chi connectivity index (χ1n) is 4.66. The summed E-state index contributed by atoms with van der Waals surface area (Å²) in [6.07, 6.45) is 5.15. The molecule has 0 atom stereocenters. The Kier molecular flexibility index (Phi) is 1.91. The van der Waals surface area contributed by atoms with Crippen molar-refractivity contribution in [1.29, 1.82) is 0 Å². The Balaban J connectivity index is 2.70. The second-order valence-corrected chi connectivity index (χ2v) is 4.17. The molecule has 0 aromatic carbocycles. The van der Waals surface area contributed by atoms with Crippen molar-refractivity contribution in [2.24, 2.45) is 10.4 Å². The summed E-state index contributed by atoms with van der Waals surface area (Å²) in [5.41, 5.74) is 0.225. The summed E-state index contributed by atoms with van der Waals surface area (Å²) in [4.78, 5) is 8.81. The lowest BCUT2D eigenvalue weighted by atomic mass is 9.89. The molecule has 0 N–H and O–H groups in total. The zero-order valence-corrected chi connectivity index (χ0v) is 8.12. The monoisotopic (exact) mass is 174 g/mol. The molecule has 1 aliphatic rings. The molecule has 0 radical (unpaired) electrons. The predicted octanol–water partition coefficient (Wildman–Crippen LogP) is 0.912. The van der Waals surface area contributed by atoms with Crippen molar-refractivity contribution < 1.29 is 0 Å². The lowest BCUT2D eigenvalue weighted by Gasteiger charge is -2.16. The summed E-state index contributed by atoms with van der Waals surface area (Å²) in [6, 6.07) is 3.97. The molecule has 1 aromatic heterocycles. The van der Waals surface area contributed by atoms with Gasteiger partial charge in [0, 0.05) is 12.7 Å². The van der Waals surface area contributed by atoms with Crippen molar-refractivity contribution in [3.8, 4) is 0 Å². The van der Waals surface area contributed by atoms with Crippen molar-refractivity contribution in [3.63, 3.8) is 0 Å². The van der Waals surface area contributed by atoms with Gasteiger partial charge in [0.05, 0.1) is 10.7 Å². The molecule has 2 heteroatoms. The third-order valence-corrected chi connectivity index (χ3v) is 2.38. The van der Waals surface area contributed by atoms with Gasteiger partial charge in [0.1, 0.15) is 0 Å². The maximum absolute atomic E-state index is 4.49. The fraction of sp³-hybridized carbons (Fsp3) is 0.455. The summed E-state index contributed by atoms with van der Waals surface area (Å²) in [7, 11) is 0. The second-order valence-electron chi connectivity index (χ2n) is 4.17. The van der Waals surface area contributed by atoms with E-state index in [4.69, 9.17) is 0 Å². The Morgan fingerprint density at radius 2 is 2.23 bits per heavy atom. The highest BCUT2D eigenvalue weighted by atomic mass is 14.8. The van der Waals surface area contributed by atoms with Crippen molar-refractivity contribution in [2.45, 2.75) is 20.3 Å². The third kappa shape index (κ3) is 1.77. The number of hydrogen-bond donors (Lipinski definition) is 0. The molecule has 0 unspecified atom stereocenters. The predicted molar refractivity (Wildman–Crippen MR) is 52.7 cm³/mol. The van der Waals surface area contributed by atoms with Crippen LogP contribution >= 0.6 is 0 Å². The van der Waals surface area contributed by atoms with Gasteiger partial charge in [0.25, 0.3) is 0 Å². The highest BCUT2D eigenvalue weighted by Gasteiger charge is 2.15. The van der Waals surface area contributed by atoms with Gasteiger partial charge in [-0.1, -0.05) is 19.9 Å². The SMILES string of the molecule is CC1(C)C=c2ncccc2=NCC1. The van der Waals surface area contributed by atoms with Gasteiger partial charge in [-0.2, -0.15) is 0 Å². The Morgan fingerprint density at radius 3 is 3.08 bits per heavy atom. The number of hydrogen-bond acceptors (Lipinski definition) is 2. The second kappa shape index (κ2) is 2.95. The highest BCUT2D eigenvalue weighted by molar-refractivity contribution is 5.28. The van der Waals surface area contributed by atoms with Crippen LogP contribution in [0.1, 0.15) is 20.3 Å². The molecule has 68 valence electrons. The molecule has 2 heterocycles. The van der Waals surface area contributed by atoms with Crippen LogP contribution in [0.25, 0.3) is 6.08 Å². The van der Waals surface area contributed by atoms with Crippen molar-refractivity contribution in [2.75, 3.05) is 6.54 Å². The molecule has 1 aromatic rings. The zero-order valence-electron chi connectivity index (χ0n) is 8.12. The van der Waals surface area contributed by atoms with Gasteiger partial charge >= 0.3 is 0 Å². The minimum absolute atomic E-state index is 0.225. The third-order valence-electron chi connectivity index (χ3n) is 2.38. The quantitative estimate of drug-likeness (QED) is 0.574. The van der Waals surface area contributed by atoms with Crippen molar-refractivity contribution in [3.05, 3.63) is 29.0 Å². The van der Waals surface area contributed by atoms with Crippen LogP contribution in [0.2, 0.25) is 0 Å².